The highest BCUT2D eigenvalue weighted by atomic mass is 16.3. The molecule has 3 N–H and O–H groups in total. The zero-order valence-electron chi connectivity index (χ0n) is 13.0. The molecule has 0 bridgehead atoms. The van der Waals surface area contributed by atoms with Gasteiger partial charge in [0.15, 0.2) is 0 Å². The molecular formula is C15H29N3O2. The molecule has 0 aliphatic carbocycles. The van der Waals surface area contributed by atoms with Gasteiger partial charge in [-0.1, -0.05) is 6.92 Å². The van der Waals surface area contributed by atoms with Crippen LogP contribution in [0.5, 0.6) is 0 Å². The van der Waals surface area contributed by atoms with E-state index in [1.54, 1.807) is 0 Å². The van der Waals surface area contributed by atoms with Crippen LogP contribution in [0.1, 0.15) is 40.0 Å². The Kier molecular flexibility index (Phi) is 5.04. The molecule has 2 fully saturated rings. The van der Waals surface area contributed by atoms with Crippen LogP contribution in [0, 0.1) is 5.92 Å². The van der Waals surface area contributed by atoms with Gasteiger partial charge in [-0.3, -0.25) is 9.69 Å². The Bertz CT molecular complexity index is 346. The normalized spacial score (nSPS) is 32.3. The van der Waals surface area contributed by atoms with Crippen LogP contribution in [-0.2, 0) is 4.79 Å². The Morgan fingerprint density at radius 2 is 2.25 bits per heavy atom. The van der Waals surface area contributed by atoms with Gasteiger partial charge in [-0.15, -0.1) is 0 Å². The van der Waals surface area contributed by atoms with Crippen LogP contribution in [0.25, 0.3) is 0 Å². The summed E-state index contributed by atoms with van der Waals surface area (Å²) in [6.45, 7) is 10.1. The molecule has 3 atom stereocenters. The lowest BCUT2D eigenvalue weighted by molar-refractivity contribution is -0.123. The van der Waals surface area contributed by atoms with E-state index in [0.717, 1.165) is 19.0 Å². The quantitative estimate of drug-likeness (QED) is 0.696. The summed E-state index contributed by atoms with van der Waals surface area (Å²) >= 11 is 0. The van der Waals surface area contributed by atoms with Crippen molar-refractivity contribution in [2.24, 2.45) is 5.92 Å². The summed E-state index contributed by atoms with van der Waals surface area (Å²) in [6, 6.07) is -0.235. The topological polar surface area (TPSA) is 64.6 Å². The van der Waals surface area contributed by atoms with Crippen molar-refractivity contribution in [2.45, 2.75) is 57.7 Å². The van der Waals surface area contributed by atoms with Gasteiger partial charge in [0.25, 0.3) is 0 Å². The monoisotopic (exact) mass is 283 g/mol. The maximum atomic E-state index is 12.1. The Morgan fingerprint density at radius 3 is 2.85 bits per heavy atom. The van der Waals surface area contributed by atoms with Gasteiger partial charge in [0.2, 0.25) is 5.91 Å². The third-order valence-corrected chi connectivity index (χ3v) is 4.63. The van der Waals surface area contributed by atoms with E-state index in [2.05, 4.69) is 36.3 Å². The summed E-state index contributed by atoms with van der Waals surface area (Å²) < 4.78 is 0. The molecule has 2 aliphatic rings. The molecule has 0 spiro atoms. The van der Waals surface area contributed by atoms with E-state index in [-0.39, 0.29) is 23.6 Å². The predicted molar refractivity (Wildman–Crippen MR) is 79.5 cm³/mol. The van der Waals surface area contributed by atoms with Gasteiger partial charge in [0, 0.05) is 25.2 Å². The van der Waals surface area contributed by atoms with E-state index < -0.39 is 0 Å². The highest BCUT2D eigenvalue weighted by Gasteiger charge is 2.32. The van der Waals surface area contributed by atoms with Crippen molar-refractivity contribution >= 4 is 5.91 Å². The lowest BCUT2D eigenvalue weighted by Crippen LogP contribution is -2.56. The largest absolute Gasteiger partial charge is 0.392 e. The fourth-order valence-electron chi connectivity index (χ4n) is 3.19. The van der Waals surface area contributed by atoms with Gasteiger partial charge in [-0.25, -0.2) is 0 Å². The van der Waals surface area contributed by atoms with Gasteiger partial charge in [-0.05, 0) is 45.6 Å². The summed E-state index contributed by atoms with van der Waals surface area (Å²) in [7, 11) is 0. The van der Waals surface area contributed by atoms with E-state index in [1.807, 2.05) is 0 Å². The predicted octanol–water partition coefficient (Wildman–Crippen LogP) is 0.336. The lowest BCUT2D eigenvalue weighted by atomic mass is 9.93. The molecule has 5 heteroatoms. The van der Waals surface area contributed by atoms with Crippen LogP contribution in [0.3, 0.4) is 0 Å². The van der Waals surface area contributed by atoms with Gasteiger partial charge in [0.1, 0.15) is 0 Å². The molecule has 20 heavy (non-hydrogen) atoms. The first kappa shape index (κ1) is 15.7. The zero-order valence-corrected chi connectivity index (χ0v) is 13.0. The third kappa shape index (κ3) is 3.93. The molecule has 2 rings (SSSR count). The molecule has 1 amide bonds. The molecule has 2 heterocycles. The molecule has 3 unspecified atom stereocenters. The Labute approximate surface area is 122 Å². The fraction of sp³-hybridized carbons (Fsp3) is 0.933. The highest BCUT2D eigenvalue weighted by Crippen LogP contribution is 2.23. The molecule has 2 saturated heterocycles. The number of nitrogens with one attached hydrogen (secondary N) is 2. The third-order valence-electron chi connectivity index (χ3n) is 4.63. The van der Waals surface area contributed by atoms with Crippen molar-refractivity contribution in [3.63, 3.8) is 0 Å². The molecule has 116 valence electrons. The van der Waals surface area contributed by atoms with Crippen molar-refractivity contribution in [2.75, 3.05) is 26.2 Å². The lowest BCUT2D eigenvalue weighted by Gasteiger charge is -2.43. The summed E-state index contributed by atoms with van der Waals surface area (Å²) in [5.41, 5.74) is -0.0123. The van der Waals surface area contributed by atoms with Gasteiger partial charge >= 0.3 is 0 Å². The van der Waals surface area contributed by atoms with E-state index in [0.29, 0.717) is 19.5 Å². The Balaban J connectivity index is 1.80. The number of hydrogen-bond donors (Lipinski definition) is 3. The summed E-state index contributed by atoms with van der Waals surface area (Å²) in [6.07, 6.45) is 2.69. The van der Waals surface area contributed by atoms with E-state index in [9.17, 15) is 9.90 Å². The summed E-state index contributed by atoms with van der Waals surface area (Å²) in [4.78, 5) is 14.6. The molecular weight excluding hydrogens is 254 g/mol. The number of carbonyl (C=O) groups excluding carboxylic acids is 1. The number of aliphatic hydroxyl groups excluding tert-OH is 1. The maximum Gasteiger partial charge on any atom is 0.237 e. The summed E-state index contributed by atoms with van der Waals surface area (Å²) in [5, 5.41) is 15.6. The first-order valence-corrected chi connectivity index (χ1v) is 7.82. The van der Waals surface area contributed by atoms with Crippen molar-refractivity contribution in [1.29, 1.82) is 0 Å². The minimum absolute atomic E-state index is 0.0123. The van der Waals surface area contributed by atoms with E-state index in [4.69, 9.17) is 0 Å². The number of likely N-dealkylation sites (tertiary alicyclic amines) is 1. The molecule has 5 nitrogen and oxygen atoms in total. The fourth-order valence-corrected chi connectivity index (χ4v) is 3.19. The molecule has 0 aromatic carbocycles. The Hall–Kier alpha value is -0.650. The number of hydrogen-bond acceptors (Lipinski definition) is 4. The zero-order chi connectivity index (χ0) is 14.8. The first-order valence-electron chi connectivity index (χ1n) is 7.82. The van der Waals surface area contributed by atoms with Crippen LogP contribution < -0.4 is 10.6 Å². The number of piperidine rings is 1. The maximum absolute atomic E-state index is 12.1. The van der Waals surface area contributed by atoms with Crippen molar-refractivity contribution < 1.29 is 9.90 Å². The SMILES string of the molecule is CC1CCCN(C(C)(C)CNC(=O)C2CC(O)CN2)C1. The highest BCUT2D eigenvalue weighted by molar-refractivity contribution is 5.82. The van der Waals surface area contributed by atoms with E-state index in [1.165, 1.54) is 12.8 Å². The Morgan fingerprint density at radius 1 is 1.50 bits per heavy atom. The molecule has 0 aromatic heterocycles. The van der Waals surface area contributed by atoms with Crippen LogP contribution in [0.4, 0.5) is 0 Å². The average molecular weight is 283 g/mol. The van der Waals surface area contributed by atoms with Crippen LogP contribution >= 0.6 is 0 Å². The van der Waals surface area contributed by atoms with E-state index >= 15 is 0 Å². The standard InChI is InChI=1S/C15H29N3O2/c1-11-5-4-6-18(9-11)15(2,3)10-17-14(20)13-7-12(19)8-16-13/h11-13,16,19H,4-10H2,1-3H3,(H,17,20). The van der Waals surface area contributed by atoms with Crippen LogP contribution in [-0.4, -0.2) is 59.8 Å². The van der Waals surface area contributed by atoms with Gasteiger partial charge < -0.3 is 15.7 Å². The number of nitrogens with zero attached hydrogens (tertiary/aromatic N) is 1. The second-order valence-corrected chi connectivity index (χ2v) is 7.07. The molecule has 0 radical (unpaired) electrons. The van der Waals surface area contributed by atoms with Crippen molar-refractivity contribution in [3.05, 3.63) is 0 Å². The van der Waals surface area contributed by atoms with Crippen LogP contribution in [0.15, 0.2) is 0 Å². The minimum atomic E-state index is -0.387. The molecule has 0 aromatic rings. The molecule has 0 saturated carbocycles. The van der Waals surface area contributed by atoms with Crippen molar-refractivity contribution in [1.82, 2.24) is 15.5 Å². The first-order chi connectivity index (χ1) is 9.38. The second-order valence-electron chi connectivity index (χ2n) is 7.07. The van der Waals surface area contributed by atoms with Crippen LogP contribution in [0.2, 0.25) is 0 Å². The number of aliphatic hydroxyl groups is 1. The average Bonchev–Trinajstić information content (AvgIpc) is 2.83. The number of carbonyl (C=O) groups is 1. The number of β-amino-alcohol motifs (C(OH)–C–C–N with tert-alkyl or cyclic N) is 1. The number of rotatable bonds is 4. The minimum Gasteiger partial charge on any atom is -0.392 e. The van der Waals surface area contributed by atoms with Crippen molar-refractivity contribution in [3.8, 4) is 0 Å². The van der Waals surface area contributed by atoms with Gasteiger partial charge in [0.05, 0.1) is 12.1 Å². The second kappa shape index (κ2) is 6.41. The summed E-state index contributed by atoms with van der Waals surface area (Å²) in [5.74, 6) is 0.755. The molecule has 2 aliphatic heterocycles. The van der Waals surface area contributed by atoms with Gasteiger partial charge in [-0.2, -0.15) is 0 Å². The number of amides is 1. The smallest absolute Gasteiger partial charge is 0.237 e.